The van der Waals surface area contributed by atoms with E-state index in [1.165, 1.54) is 7.11 Å². The van der Waals surface area contributed by atoms with E-state index in [-0.39, 0.29) is 12.4 Å². The Bertz CT molecular complexity index is 540. The van der Waals surface area contributed by atoms with Gasteiger partial charge in [-0.3, -0.25) is 5.10 Å². The van der Waals surface area contributed by atoms with Gasteiger partial charge in [0.05, 0.1) is 12.8 Å². The SMILES string of the molecule is COC(=O)c1cc(-c2ccccc2CN)n[nH]1.Cl. The van der Waals surface area contributed by atoms with Crippen molar-refractivity contribution < 1.29 is 9.53 Å². The van der Waals surface area contributed by atoms with Gasteiger partial charge in [-0.1, -0.05) is 24.3 Å². The standard InChI is InChI=1S/C12H13N3O2.ClH/c1-17-12(16)11-6-10(14-15-11)9-5-3-2-4-8(9)7-13;/h2-6H,7,13H2,1H3,(H,14,15);1H. The Morgan fingerprint density at radius 3 is 2.83 bits per heavy atom. The average molecular weight is 268 g/mol. The van der Waals surface area contributed by atoms with Crippen LogP contribution in [0, 0.1) is 0 Å². The highest BCUT2D eigenvalue weighted by Gasteiger charge is 2.12. The van der Waals surface area contributed by atoms with Crippen LogP contribution in [0.3, 0.4) is 0 Å². The van der Waals surface area contributed by atoms with Crippen LogP contribution in [0.2, 0.25) is 0 Å². The maximum atomic E-state index is 11.3. The van der Waals surface area contributed by atoms with Gasteiger partial charge in [0.25, 0.3) is 0 Å². The minimum Gasteiger partial charge on any atom is -0.464 e. The molecule has 6 heteroatoms. The first-order valence-corrected chi connectivity index (χ1v) is 5.18. The first kappa shape index (κ1) is 14.2. The fourth-order valence-electron chi connectivity index (χ4n) is 1.62. The summed E-state index contributed by atoms with van der Waals surface area (Å²) in [7, 11) is 1.33. The van der Waals surface area contributed by atoms with E-state index >= 15 is 0 Å². The van der Waals surface area contributed by atoms with Crippen molar-refractivity contribution in [3.8, 4) is 11.3 Å². The number of carbonyl (C=O) groups is 1. The van der Waals surface area contributed by atoms with Gasteiger partial charge in [0.2, 0.25) is 0 Å². The third kappa shape index (κ3) is 2.69. The van der Waals surface area contributed by atoms with Gasteiger partial charge in [-0.15, -0.1) is 12.4 Å². The number of nitrogens with one attached hydrogen (secondary N) is 1. The number of esters is 1. The molecule has 0 saturated heterocycles. The number of halogens is 1. The van der Waals surface area contributed by atoms with Crippen LogP contribution in [0.25, 0.3) is 11.3 Å². The molecule has 3 N–H and O–H groups in total. The fourth-order valence-corrected chi connectivity index (χ4v) is 1.62. The van der Waals surface area contributed by atoms with Crippen molar-refractivity contribution in [2.45, 2.75) is 6.54 Å². The zero-order valence-electron chi connectivity index (χ0n) is 9.84. The molecule has 18 heavy (non-hydrogen) atoms. The lowest BCUT2D eigenvalue weighted by molar-refractivity contribution is 0.0594. The molecule has 2 aromatic rings. The molecule has 2 rings (SSSR count). The quantitative estimate of drug-likeness (QED) is 0.830. The Labute approximate surface area is 111 Å². The van der Waals surface area contributed by atoms with Gasteiger partial charge in [-0.2, -0.15) is 5.10 Å². The summed E-state index contributed by atoms with van der Waals surface area (Å²) in [6.07, 6.45) is 0. The summed E-state index contributed by atoms with van der Waals surface area (Å²) in [6.45, 7) is 0.427. The number of aromatic amines is 1. The molecule has 0 aliphatic carbocycles. The van der Waals surface area contributed by atoms with Crippen LogP contribution in [0.5, 0.6) is 0 Å². The molecule has 96 valence electrons. The number of methoxy groups -OCH3 is 1. The minimum atomic E-state index is -0.436. The molecule has 0 bridgehead atoms. The summed E-state index contributed by atoms with van der Waals surface area (Å²) < 4.78 is 4.61. The Morgan fingerprint density at radius 1 is 1.44 bits per heavy atom. The van der Waals surface area contributed by atoms with Gasteiger partial charge in [0.15, 0.2) is 0 Å². The summed E-state index contributed by atoms with van der Waals surface area (Å²) in [6, 6.07) is 9.32. The van der Waals surface area contributed by atoms with E-state index in [0.29, 0.717) is 17.9 Å². The maximum Gasteiger partial charge on any atom is 0.356 e. The monoisotopic (exact) mass is 267 g/mol. The van der Waals surface area contributed by atoms with E-state index < -0.39 is 5.97 Å². The summed E-state index contributed by atoms with van der Waals surface area (Å²) in [5.41, 5.74) is 8.57. The summed E-state index contributed by atoms with van der Waals surface area (Å²) >= 11 is 0. The lowest BCUT2D eigenvalue weighted by Gasteiger charge is -2.03. The van der Waals surface area contributed by atoms with E-state index in [9.17, 15) is 4.79 Å². The Kier molecular flexibility index (Phi) is 4.88. The highest BCUT2D eigenvalue weighted by molar-refractivity contribution is 5.88. The van der Waals surface area contributed by atoms with Crippen LogP contribution in [0.15, 0.2) is 30.3 Å². The van der Waals surface area contributed by atoms with Crippen molar-refractivity contribution in [2.75, 3.05) is 7.11 Å². The van der Waals surface area contributed by atoms with Gasteiger partial charge >= 0.3 is 5.97 Å². The van der Waals surface area contributed by atoms with Crippen molar-refractivity contribution in [1.29, 1.82) is 0 Å². The maximum absolute atomic E-state index is 11.3. The molecule has 0 fully saturated rings. The van der Waals surface area contributed by atoms with Crippen LogP contribution < -0.4 is 5.73 Å². The largest absolute Gasteiger partial charge is 0.464 e. The van der Waals surface area contributed by atoms with E-state index in [2.05, 4.69) is 14.9 Å². The highest BCUT2D eigenvalue weighted by Crippen LogP contribution is 2.22. The van der Waals surface area contributed by atoms with E-state index in [0.717, 1.165) is 11.1 Å². The van der Waals surface area contributed by atoms with Gasteiger partial charge in [-0.25, -0.2) is 4.79 Å². The summed E-state index contributed by atoms with van der Waals surface area (Å²) in [4.78, 5) is 11.3. The number of nitrogens with zero attached hydrogens (tertiary/aromatic N) is 1. The molecule has 0 spiro atoms. The second-order valence-electron chi connectivity index (χ2n) is 3.52. The second kappa shape index (κ2) is 6.18. The van der Waals surface area contributed by atoms with Crippen molar-refractivity contribution in [2.24, 2.45) is 5.73 Å². The summed E-state index contributed by atoms with van der Waals surface area (Å²) in [5.74, 6) is -0.436. The molecule has 1 aromatic carbocycles. The number of rotatable bonds is 3. The number of aromatic nitrogens is 2. The smallest absolute Gasteiger partial charge is 0.356 e. The number of nitrogens with two attached hydrogens (primary N) is 1. The Morgan fingerprint density at radius 2 is 2.17 bits per heavy atom. The first-order valence-electron chi connectivity index (χ1n) is 5.18. The average Bonchev–Trinajstić information content (AvgIpc) is 2.87. The molecule has 5 nitrogen and oxygen atoms in total. The molecule has 0 radical (unpaired) electrons. The fraction of sp³-hybridized carbons (Fsp3) is 0.167. The molecular weight excluding hydrogens is 254 g/mol. The summed E-state index contributed by atoms with van der Waals surface area (Å²) in [5, 5.41) is 6.72. The molecule has 0 unspecified atom stereocenters. The van der Waals surface area contributed by atoms with Crippen molar-refractivity contribution >= 4 is 18.4 Å². The van der Waals surface area contributed by atoms with E-state index in [4.69, 9.17) is 5.73 Å². The predicted molar refractivity (Wildman–Crippen MR) is 70.5 cm³/mol. The van der Waals surface area contributed by atoms with Crippen molar-refractivity contribution in [3.63, 3.8) is 0 Å². The molecule has 0 aliphatic rings. The second-order valence-corrected chi connectivity index (χ2v) is 3.52. The Balaban J connectivity index is 0.00000162. The molecule has 0 saturated carbocycles. The molecule has 1 heterocycles. The zero-order valence-corrected chi connectivity index (χ0v) is 10.7. The molecule has 0 amide bonds. The molecule has 0 atom stereocenters. The topological polar surface area (TPSA) is 81.0 Å². The number of carbonyl (C=O) groups excluding carboxylic acids is 1. The van der Waals surface area contributed by atoms with Crippen LogP contribution in [-0.4, -0.2) is 23.3 Å². The minimum absolute atomic E-state index is 0. The normalized spacial score (nSPS) is 9.67. The molecular formula is C12H14ClN3O2. The van der Waals surface area contributed by atoms with E-state index in [1.807, 2.05) is 24.3 Å². The number of ether oxygens (including phenoxy) is 1. The highest BCUT2D eigenvalue weighted by atomic mass is 35.5. The van der Waals surface area contributed by atoms with Gasteiger partial charge in [-0.05, 0) is 11.6 Å². The van der Waals surface area contributed by atoms with Crippen LogP contribution in [0.1, 0.15) is 16.1 Å². The van der Waals surface area contributed by atoms with E-state index in [1.54, 1.807) is 6.07 Å². The van der Waals surface area contributed by atoms with Gasteiger partial charge in [0, 0.05) is 12.1 Å². The van der Waals surface area contributed by atoms with Crippen LogP contribution >= 0.6 is 12.4 Å². The van der Waals surface area contributed by atoms with Gasteiger partial charge in [0.1, 0.15) is 5.69 Å². The van der Waals surface area contributed by atoms with Gasteiger partial charge < -0.3 is 10.5 Å². The third-order valence-electron chi connectivity index (χ3n) is 2.50. The van der Waals surface area contributed by atoms with Crippen molar-refractivity contribution in [3.05, 3.63) is 41.6 Å². The lowest BCUT2D eigenvalue weighted by atomic mass is 10.0. The lowest BCUT2D eigenvalue weighted by Crippen LogP contribution is -2.00. The van der Waals surface area contributed by atoms with Crippen LogP contribution in [-0.2, 0) is 11.3 Å². The third-order valence-corrected chi connectivity index (χ3v) is 2.50. The first-order chi connectivity index (χ1) is 8.26. The number of hydrogen-bond donors (Lipinski definition) is 2. The Hall–Kier alpha value is -1.85. The number of H-pyrrole nitrogens is 1. The zero-order chi connectivity index (χ0) is 12.3. The predicted octanol–water partition coefficient (Wildman–Crippen LogP) is 1.74. The molecule has 0 aliphatic heterocycles. The number of benzene rings is 1. The van der Waals surface area contributed by atoms with Crippen LogP contribution in [0.4, 0.5) is 0 Å². The number of hydrogen-bond acceptors (Lipinski definition) is 4. The van der Waals surface area contributed by atoms with Crippen molar-refractivity contribution in [1.82, 2.24) is 10.2 Å². The molecule has 1 aromatic heterocycles.